The SMILES string of the molecule is Cc1ccc(C(=O)CCC(=O)NNC(=O)COc2cc(C)cc(C)c2)cc1. The van der Waals surface area contributed by atoms with Crippen LogP contribution in [-0.2, 0) is 9.59 Å². The van der Waals surface area contributed by atoms with E-state index in [2.05, 4.69) is 10.9 Å². The second-order valence-electron chi connectivity index (χ2n) is 6.50. The summed E-state index contributed by atoms with van der Waals surface area (Å²) in [6, 6.07) is 12.8. The molecule has 0 saturated heterocycles. The van der Waals surface area contributed by atoms with Crippen molar-refractivity contribution in [3.63, 3.8) is 0 Å². The van der Waals surface area contributed by atoms with Crippen LogP contribution in [0.4, 0.5) is 0 Å². The van der Waals surface area contributed by atoms with Gasteiger partial charge in [0.15, 0.2) is 12.4 Å². The number of carbonyl (C=O) groups is 3. The maximum absolute atomic E-state index is 12.0. The van der Waals surface area contributed by atoms with Gasteiger partial charge in [-0.1, -0.05) is 35.9 Å². The summed E-state index contributed by atoms with van der Waals surface area (Å²) >= 11 is 0. The van der Waals surface area contributed by atoms with Crippen molar-refractivity contribution < 1.29 is 19.1 Å². The van der Waals surface area contributed by atoms with E-state index >= 15 is 0 Å². The largest absolute Gasteiger partial charge is 0.484 e. The van der Waals surface area contributed by atoms with Gasteiger partial charge < -0.3 is 4.74 Å². The van der Waals surface area contributed by atoms with E-state index in [0.29, 0.717) is 11.3 Å². The van der Waals surface area contributed by atoms with Crippen molar-refractivity contribution in [2.45, 2.75) is 33.6 Å². The Morgan fingerprint density at radius 2 is 1.37 bits per heavy atom. The van der Waals surface area contributed by atoms with E-state index in [0.717, 1.165) is 16.7 Å². The van der Waals surface area contributed by atoms with Gasteiger partial charge in [-0.15, -0.1) is 0 Å². The first-order valence-corrected chi connectivity index (χ1v) is 8.72. The molecule has 0 bridgehead atoms. The summed E-state index contributed by atoms with van der Waals surface area (Å²) in [5.74, 6) is -0.435. The molecule has 27 heavy (non-hydrogen) atoms. The third kappa shape index (κ3) is 6.93. The lowest BCUT2D eigenvalue weighted by molar-refractivity contribution is -0.130. The second kappa shape index (κ2) is 9.52. The molecule has 0 radical (unpaired) electrons. The lowest BCUT2D eigenvalue weighted by Crippen LogP contribution is -2.43. The highest BCUT2D eigenvalue weighted by molar-refractivity contribution is 5.98. The monoisotopic (exact) mass is 368 g/mol. The number of nitrogens with one attached hydrogen (secondary N) is 2. The maximum Gasteiger partial charge on any atom is 0.276 e. The molecule has 0 aromatic heterocycles. The van der Waals surface area contributed by atoms with Crippen LogP contribution >= 0.6 is 0 Å². The summed E-state index contributed by atoms with van der Waals surface area (Å²) in [4.78, 5) is 35.6. The maximum atomic E-state index is 12.0. The van der Waals surface area contributed by atoms with Gasteiger partial charge in [-0.2, -0.15) is 0 Å². The third-order valence-corrected chi connectivity index (χ3v) is 3.86. The number of hydrazine groups is 1. The summed E-state index contributed by atoms with van der Waals surface area (Å²) in [5.41, 5.74) is 8.28. The van der Waals surface area contributed by atoms with Gasteiger partial charge in [-0.05, 0) is 44.0 Å². The van der Waals surface area contributed by atoms with Crippen LogP contribution in [0.2, 0.25) is 0 Å². The van der Waals surface area contributed by atoms with Gasteiger partial charge >= 0.3 is 0 Å². The zero-order valence-electron chi connectivity index (χ0n) is 15.8. The smallest absolute Gasteiger partial charge is 0.276 e. The van der Waals surface area contributed by atoms with Gasteiger partial charge in [-0.3, -0.25) is 25.2 Å². The van der Waals surface area contributed by atoms with Crippen LogP contribution in [0.5, 0.6) is 5.75 Å². The van der Waals surface area contributed by atoms with Crippen molar-refractivity contribution in [3.8, 4) is 5.75 Å². The molecule has 6 heteroatoms. The molecule has 2 aromatic rings. The molecule has 2 N–H and O–H groups in total. The number of carbonyl (C=O) groups excluding carboxylic acids is 3. The Morgan fingerprint density at radius 3 is 2.00 bits per heavy atom. The van der Waals surface area contributed by atoms with Crippen LogP contribution in [0, 0.1) is 20.8 Å². The number of rotatable bonds is 7. The molecule has 0 aliphatic heterocycles. The fourth-order valence-corrected chi connectivity index (χ4v) is 2.51. The number of hydrogen-bond donors (Lipinski definition) is 2. The van der Waals surface area contributed by atoms with Crippen molar-refractivity contribution in [2.75, 3.05) is 6.61 Å². The average Bonchev–Trinajstić information content (AvgIpc) is 2.62. The number of amides is 2. The minimum Gasteiger partial charge on any atom is -0.484 e. The standard InChI is InChI=1S/C21H24N2O4/c1-14-4-6-17(7-5-14)19(24)8-9-20(25)22-23-21(26)13-27-18-11-15(2)10-16(3)12-18/h4-7,10-12H,8-9,13H2,1-3H3,(H,22,25)(H,23,26). The topological polar surface area (TPSA) is 84.5 Å². The fraction of sp³-hybridized carbons (Fsp3) is 0.286. The molecule has 0 heterocycles. The van der Waals surface area contributed by atoms with Crippen LogP contribution in [0.25, 0.3) is 0 Å². The molecule has 0 unspecified atom stereocenters. The van der Waals surface area contributed by atoms with Gasteiger partial charge in [0.2, 0.25) is 5.91 Å². The minimum absolute atomic E-state index is 0.00901. The quantitative estimate of drug-likeness (QED) is 0.581. The Bertz CT molecular complexity index is 808. The normalized spacial score (nSPS) is 10.2. The van der Waals surface area contributed by atoms with Gasteiger partial charge in [0, 0.05) is 18.4 Å². The Morgan fingerprint density at radius 1 is 0.778 bits per heavy atom. The predicted molar refractivity (Wildman–Crippen MR) is 102 cm³/mol. The first-order chi connectivity index (χ1) is 12.8. The summed E-state index contributed by atoms with van der Waals surface area (Å²) in [7, 11) is 0. The van der Waals surface area contributed by atoms with E-state index in [9.17, 15) is 14.4 Å². The first kappa shape index (κ1) is 20.2. The van der Waals surface area contributed by atoms with Crippen LogP contribution in [-0.4, -0.2) is 24.2 Å². The number of hydrogen-bond acceptors (Lipinski definition) is 4. The lowest BCUT2D eigenvalue weighted by Gasteiger charge is -2.10. The molecule has 0 spiro atoms. The Labute approximate surface area is 158 Å². The van der Waals surface area contributed by atoms with E-state index in [1.165, 1.54) is 0 Å². The first-order valence-electron chi connectivity index (χ1n) is 8.72. The minimum atomic E-state index is -0.479. The molecule has 0 saturated carbocycles. The molecule has 2 amide bonds. The molecular weight excluding hydrogens is 344 g/mol. The number of benzene rings is 2. The van der Waals surface area contributed by atoms with E-state index in [1.54, 1.807) is 12.1 Å². The summed E-state index contributed by atoms with van der Waals surface area (Å²) in [5, 5.41) is 0. The highest BCUT2D eigenvalue weighted by atomic mass is 16.5. The number of ketones is 1. The molecule has 2 aromatic carbocycles. The van der Waals surface area contributed by atoms with Gasteiger partial charge in [-0.25, -0.2) is 0 Å². The number of Topliss-reactive ketones (excluding diaryl/α,β-unsaturated/α-hetero) is 1. The summed E-state index contributed by atoms with van der Waals surface area (Å²) in [6.07, 6.45) is 0.0642. The van der Waals surface area contributed by atoms with Crippen LogP contribution in [0.3, 0.4) is 0 Å². The van der Waals surface area contributed by atoms with Crippen molar-refractivity contribution in [3.05, 3.63) is 64.7 Å². The highest BCUT2D eigenvalue weighted by Crippen LogP contribution is 2.15. The zero-order valence-corrected chi connectivity index (χ0v) is 15.8. The summed E-state index contributed by atoms with van der Waals surface area (Å²) in [6.45, 7) is 5.61. The van der Waals surface area contributed by atoms with Gasteiger partial charge in [0.05, 0.1) is 0 Å². The second-order valence-corrected chi connectivity index (χ2v) is 6.50. The average molecular weight is 368 g/mol. The van der Waals surface area contributed by atoms with Gasteiger partial charge in [0.25, 0.3) is 5.91 Å². The Kier molecular flexibility index (Phi) is 7.11. The van der Waals surface area contributed by atoms with Crippen LogP contribution in [0.1, 0.15) is 39.9 Å². The molecule has 0 aliphatic rings. The molecule has 6 nitrogen and oxygen atoms in total. The summed E-state index contributed by atoms with van der Waals surface area (Å²) < 4.78 is 5.41. The van der Waals surface area contributed by atoms with Crippen molar-refractivity contribution in [1.82, 2.24) is 10.9 Å². The highest BCUT2D eigenvalue weighted by Gasteiger charge is 2.10. The van der Waals surface area contributed by atoms with E-state index < -0.39 is 11.8 Å². The van der Waals surface area contributed by atoms with Crippen LogP contribution < -0.4 is 15.6 Å². The zero-order chi connectivity index (χ0) is 19.8. The van der Waals surface area contributed by atoms with E-state index in [4.69, 9.17) is 4.74 Å². The van der Waals surface area contributed by atoms with Crippen molar-refractivity contribution >= 4 is 17.6 Å². The van der Waals surface area contributed by atoms with E-state index in [1.807, 2.05) is 51.1 Å². The fourth-order valence-electron chi connectivity index (χ4n) is 2.51. The van der Waals surface area contributed by atoms with Gasteiger partial charge in [0.1, 0.15) is 5.75 Å². The molecular formula is C21H24N2O4. The number of ether oxygens (including phenoxy) is 1. The third-order valence-electron chi connectivity index (χ3n) is 3.86. The van der Waals surface area contributed by atoms with Crippen LogP contribution in [0.15, 0.2) is 42.5 Å². The van der Waals surface area contributed by atoms with Crippen molar-refractivity contribution in [1.29, 1.82) is 0 Å². The number of aryl methyl sites for hydroxylation is 3. The molecule has 0 aliphatic carbocycles. The molecule has 0 fully saturated rings. The molecule has 0 atom stereocenters. The predicted octanol–water partition coefficient (Wildman–Crippen LogP) is 2.80. The van der Waals surface area contributed by atoms with E-state index in [-0.39, 0.29) is 25.2 Å². The Balaban J connectivity index is 1.69. The molecule has 2 rings (SSSR count). The van der Waals surface area contributed by atoms with Crippen molar-refractivity contribution in [2.24, 2.45) is 0 Å². The molecule has 142 valence electrons. The Hall–Kier alpha value is -3.15. The lowest BCUT2D eigenvalue weighted by atomic mass is 10.1.